The zero-order valence-corrected chi connectivity index (χ0v) is 11.6. The molecular weight excluding hydrogens is 254 g/mol. The van der Waals surface area contributed by atoms with Crippen LogP contribution in [0.25, 0.3) is 10.9 Å². The summed E-state index contributed by atoms with van der Waals surface area (Å²) in [6.45, 7) is 4.20. The van der Waals surface area contributed by atoms with Crippen molar-refractivity contribution in [3.05, 3.63) is 40.6 Å². The number of hydrogen-bond donors (Lipinski definition) is 1. The van der Waals surface area contributed by atoms with Crippen LogP contribution in [0, 0.1) is 16.0 Å². The van der Waals surface area contributed by atoms with Crippen LogP contribution in [0.1, 0.15) is 26.7 Å². The first-order valence-corrected chi connectivity index (χ1v) is 6.79. The van der Waals surface area contributed by atoms with Crippen molar-refractivity contribution >= 4 is 22.3 Å². The molecule has 3 rings (SSSR count). The highest BCUT2D eigenvalue weighted by molar-refractivity contribution is 5.94. The van der Waals surface area contributed by atoms with Gasteiger partial charge in [-0.15, -0.1) is 0 Å². The lowest BCUT2D eigenvalue weighted by atomic mass is 9.97. The molecule has 1 aromatic carbocycles. The first-order chi connectivity index (χ1) is 9.49. The lowest BCUT2D eigenvalue weighted by Crippen LogP contribution is -2.33. The Hall–Kier alpha value is -2.17. The van der Waals surface area contributed by atoms with E-state index in [1.165, 1.54) is 12.8 Å². The Morgan fingerprint density at radius 3 is 2.75 bits per heavy atom. The number of aromatic nitrogens is 1. The number of pyridine rings is 1. The predicted octanol–water partition coefficient (Wildman–Crippen LogP) is 3.74. The van der Waals surface area contributed by atoms with Gasteiger partial charge in [0, 0.05) is 11.7 Å². The molecule has 0 amide bonds. The number of nitro groups is 1. The van der Waals surface area contributed by atoms with Crippen molar-refractivity contribution < 1.29 is 4.92 Å². The third-order valence-electron chi connectivity index (χ3n) is 3.99. The zero-order valence-electron chi connectivity index (χ0n) is 11.6. The Kier molecular flexibility index (Phi) is 2.85. The molecule has 1 fully saturated rings. The zero-order chi connectivity index (χ0) is 14.3. The van der Waals surface area contributed by atoms with E-state index in [-0.39, 0.29) is 16.1 Å². The highest BCUT2D eigenvalue weighted by atomic mass is 16.6. The maximum absolute atomic E-state index is 11.4. The molecule has 0 spiro atoms. The van der Waals surface area contributed by atoms with Gasteiger partial charge in [0.1, 0.15) is 5.69 Å². The number of nitrogens with one attached hydrogen (secondary N) is 1. The van der Waals surface area contributed by atoms with Crippen LogP contribution >= 0.6 is 0 Å². The number of nitro benzene ring substituents is 1. The molecule has 1 aliphatic carbocycles. The van der Waals surface area contributed by atoms with E-state index in [9.17, 15) is 10.1 Å². The Balaban J connectivity index is 2.10. The average Bonchev–Trinajstić information content (AvgIpc) is 3.22. The molecule has 1 saturated carbocycles. The second kappa shape index (κ2) is 4.44. The largest absolute Gasteiger partial charge is 0.374 e. The summed E-state index contributed by atoms with van der Waals surface area (Å²) in [5.41, 5.74) is 1.21. The minimum Gasteiger partial charge on any atom is -0.374 e. The Morgan fingerprint density at radius 1 is 1.35 bits per heavy atom. The van der Waals surface area contributed by atoms with E-state index < -0.39 is 0 Å². The number of rotatable bonds is 4. The highest BCUT2D eigenvalue weighted by Gasteiger charge is 2.38. The van der Waals surface area contributed by atoms with E-state index in [4.69, 9.17) is 0 Å². The van der Waals surface area contributed by atoms with Crippen molar-refractivity contribution in [3.8, 4) is 0 Å². The van der Waals surface area contributed by atoms with Gasteiger partial charge in [-0.05, 0) is 56.9 Å². The van der Waals surface area contributed by atoms with Gasteiger partial charge >= 0.3 is 5.69 Å². The van der Waals surface area contributed by atoms with Gasteiger partial charge in [0.25, 0.3) is 0 Å². The lowest BCUT2D eigenvalue weighted by Gasteiger charge is -2.27. The fourth-order valence-electron chi connectivity index (χ4n) is 2.69. The van der Waals surface area contributed by atoms with Crippen LogP contribution < -0.4 is 5.32 Å². The molecule has 1 heterocycles. The van der Waals surface area contributed by atoms with Gasteiger partial charge in [-0.25, -0.2) is 0 Å². The lowest BCUT2D eigenvalue weighted by molar-refractivity contribution is -0.382. The SMILES string of the molecule is CC(C)(Nc1ccc2ncccc2c1[N+](=O)[O-])C1CC1. The normalized spacial score (nSPS) is 15.3. The minimum absolute atomic E-state index is 0.115. The van der Waals surface area contributed by atoms with Gasteiger partial charge in [-0.2, -0.15) is 0 Å². The van der Waals surface area contributed by atoms with Crippen LogP contribution in [-0.4, -0.2) is 15.4 Å². The fourth-order valence-corrected chi connectivity index (χ4v) is 2.69. The molecule has 1 aromatic heterocycles. The predicted molar refractivity (Wildman–Crippen MR) is 78.8 cm³/mol. The van der Waals surface area contributed by atoms with E-state index in [2.05, 4.69) is 24.1 Å². The second-order valence-corrected chi connectivity index (χ2v) is 5.91. The molecule has 0 atom stereocenters. The van der Waals surface area contributed by atoms with Crippen LogP contribution in [0.3, 0.4) is 0 Å². The molecule has 0 aliphatic heterocycles. The molecule has 1 N–H and O–H groups in total. The number of benzene rings is 1. The molecule has 1 aliphatic rings. The standard InChI is InChI=1S/C15H17N3O2/c1-15(2,10-5-6-10)17-13-8-7-12-11(4-3-9-16-12)14(13)18(19)20/h3-4,7-10,17H,5-6H2,1-2H3. The Bertz CT molecular complexity index is 678. The van der Waals surface area contributed by atoms with Crippen molar-refractivity contribution in [1.82, 2.24) is 4.98 Å². The summed E-state index contributed by atoms with van der Waals surface area (Å²) in [7, 11) is 0. The Morgan fingerprint density at radius 2 is 2.10 bits per heavy atom. The monoisotopic (exact) mass is 271 g/mol. The maximum Gasteiger partial charge on any atom is 0.301 e. The van der Waals surface area contributed by atoms with Gasteiger partial charge in [-0.1, -0.05) is 0 Å². The fraction of sp³-hybridized carbons (Fsp3) is 0.400. The first-order valence-electron chi connectivity index (χ1n) is 6.79. The topological polar surface area (TPSA) is 68.1 Å². The molecule has 104 valence electrons. The van der Waals surface area contributed by atoms with Crippen molar-refractivity contribution in [2.75, 3.05) is 5.32 Å². The molecule has 2 aromatic rings. The van der Waals surface area contributed by atoms with Crippen LogP contribution in [0.5, 0.6) is 0 Å². The maximum atomic E-state index is 11.4. The van der Waals surface area contributed by atoms with Gasteiger partial charge in [0.15, 0.2) is 0 Å². The third-order valence-corrected chi connectivity index (χ3v) is 3.99. The van der Waals surface area contributed by atoms with Crippen LogP contribution in [0.15, 0.2) is 30.5 Å². The molecule has 5 heteroatoms. The van der Waals surface area contributed by atoms with E-state index in [1.54, 1.807) is 24.4 Å². The molecule has 5 nitrogen and oxygen atoms in total. The summed E-state index contributed by atoms with van der Waals surface area (Å²) in [6, 6.07) is 7.06. The van der Waals surface area contributed by atoms with E-state index in [0.717, 1.165) is 0 Å². The third kappa shape index (κ3) is 2.19. The quantitative estimate of drug-likeness (QED) is 0.679. The van der Waals surface area contributed by atoms with Crippen LogP contribution in [-0.2, 0) is 0 Å². The molecule has 0 bridgehead atoms. The van der Waals surface area contributed by atoms with E-state index in [0.29, 0.717) is 22.5 Å². The summed E-state index contributed by atoms with van der Waals surface area (Å²) in [5.74, 6) is 0.590. The molecule has 0 radical (unpaired) electrons. The molecule has 0 unspecified atom stereocenters. The minimum atomic E-state index is -0.324. The smallest absolute Gasteiger partial charge is 0.301 e. The van der Waals surface area contributed by atoms with Crippen LogP contribution in [0.4, 0.5) is 11.4 Å². The van der Waals surface area contributed by atoms with E-state index in [1.807, 2.05) is 6.07 Å². The first kappa shape index (κ1) is 12.8. The van der Waals surface area contributed by atoms with Crippen molar-refractivity contribution in [2.24, 2.45) is 5.92 Å². The molecule has 20 heavy (non-hydrogen) atoms. The van der Waals surface area contributed by atoms with Crippen molar-refractivity contribution in [1.29, 1.82) is 0 Å². The van der Waals surface area contributed by atoms with Crippen LogP contribution in [0.2, 0.25) is 0 Å². The van der Waals surface area contributed by atoms with Gasteiger partial charge in [-0.3, -0.25) is 15.1 Å². The Labute approximate surface area is 117 Å². The van der Waals surface area contributed by atoms with Gasteiger partial charge < -0.3 is 5.32 Å². The van der Waals surface area contributed by atoms with Gasteiger partial charge in [0.05, 0.1) is 15.8 Å². The number of fused-ring (bicyclic) bond motifs is 1. The average molecular weight is 271 g/mol. The molecule has 0 saturated heterocycles. The highest BCUT2D eigenvalue weighted by Crippen LogP contribution is 2.43. The van der Waals surface area contributed by atoms with Gasteiger partial charge in [0.2, 0.25) is 0 Å². The summed E-state index contributed by atoms with van der Waals surface area (Å²) in [4.78, 5) is 15.3. The summed E-state index contributed by atoms with van der Waals surface area (Å²) < 4.78 is 0. The van der Waals surface area contributed by atoms with Crippen molar-refractivity contribution in [2.45, 2.75) is 32.2 Å². The number of hydrogen-bond acceptors (Lipinski definition) is 4. The van der Waals surface area contributed by atoms with Crippen molar-refractivity contribution in [3.63, 3.8) is 0 Å². The summed E-state index contributed by atoms with van der Waals surface area (Å²) in [5, 5.41) is 15.4. The number of anilines is 1. The second-order valence-electron chi connectivity index (χ2n) is 5.91. The van der Waals surface area contributed by atoms with E-state index >= 15 is 0 Å². The summed E-state index contributed by atoms with van der Waals surface area (Å²) in [6.07, 6.45) is 4.01. The molecular formula is C15H17N3O2. The summed E-state index contributed by atoms with van der Waals surface area (Å²) >= 11 is 0. The number of nitrogens with zero attached hydrogens (tertiary/aromatic N) is 2.